The summed E-state index contributed by atoms with van der Waals surface area (Å²) in [5.74, 6) is 0.0759. The molecule has 1 atom stereocenters. The molecule has 0 saturated carbocycles. The Hall–Kier alpha value is -2.14. The van der Waals surface area contributed by atoms with Gasteiger partial charge in [-0.3, -0.25) is 9.48 Å². The number of nitrogens with zero attached hydrogens (tertiary/aromatic N) is 2. The number of carbonyl (C=O) groups is 1. The van der Waals surface area contributed by atoms with Crippen molar-refractivity contribution in [1.29, 1.82) is 0 Å². The molecule has 0 saturated heterocycles. The van der Waals surface area contributed by atoms with Crippen molar-refractivity contribution >= 4 is 5.91 Å². The number of aromatic nitrogens is 2. The zero-order valence-electron chi connectivity index (χ0n) is 13.5. The molecule has 3 rings (SSSR count). The second-order valence-corrected chi connectivity index (χ2v) is 5.89. The molecular weight excluding hydrogens is 290 g/mol. The summed E-state index contributed by atoms with van der Waals surface area (Å²) in [6.45, 7) is 3.93. The van der Waals surface area contributed by atoms with Gasteiger partial charge in [0, 0.05) is 19.2 Å². The average Bonchev–Trinajstić information content (AvgIpc) is 2.97. The van der Waals surface area contributed by atoms with Gasteiger partial charge in [0.1, 0.15) is 6.10 Å². The van der Waals surface area contributed by atoms with E-state index in [2.05, 4.69) is 23.6 Å². The third-order valence-corrected chi connectivity index (χ3v) is 4.01. The van der Waals surface area contributed by atoms with Gasteiger partial charge in [-0.05, 0) is 24.0 Å². The van der Waals surface area contributed by atoms with Crippen LogP contribution in [0.5, 0.6) is 0 Å². The molecule has 0 spiro atoms. The Morgan fingerprint density at radius 1 is 1.39 bits per heavy atom. The molecule has 5 heteroatoms. The smallest absolute Gasteiger partial charge is 0.220 e. The summed E-state index contributed by atoms with van der Waals surface area (Å²) >= 11 is 0. The SMILES string of the molecule is CCCC(=O)NC[C@@H]1OCCc2cn(Cc3ccccc3)nc21. The maximum Gasteiger partial charge on any atom is 0.220 e. The normalized spacial score (nSPS) is 16.8. The highest BCUT2D eigenvalue weighted by atomic mass is 16.5. The summed E-state index contributed by atoms with van der Waals surface area (Å²) < 4.78 is 7.77. The van der Waals surface area contributed by atoms with Gasteiger partial charge < -0.3 is 10.1 Å². The number of hydrogen-bond acceptors (Lipinski definition) is 3. The van der Waals surface area contributed by atoms with E-state index < -0.39 is 0 Å². The number of amides is 1. The van der Waals surface area contributed by atoms with Crippen LogP contribution in [0.4, 0.5) is 0 Å². The van der Waals surface area contributed by atoms with Gasteiger partial charge in [-0.1, -0.05) is 37.3 Å². The van der Waals surface area contributed by atoms with E-state index in [1.54, 1.807) is 0 Å². The largest absolute Gasteiger partial charge is 0.370 e. The van der Waals surface area contributed by atoms with Gasteiger partial charge in [0.15, 0.2) is 0 Å². The average molecular weight is 313 g/mol. The third kappa shape index (κ3) is 3.99. The van der Waals surface area contributed by atoms with Crippen molar-refractivity contribution in [3.63, 3.8) is 0 Å². The van der Waals surface area contributed by atoms with Crippen LogP contribution < -0.4 is 5.32 Å². The van der Waals surface area contributed by atoms with Gasteiger partial charge in [0.05, 0.1) is 18.8 Å². The molecule has 0 fully saturated rings. The Kier molecular flexibility index (Phi) is 5.08. The highest BCUT2D eigenvalue weighted by Crippen LogP contribution is 2.25. The third-order valence-electron chi connectivity index (χ3n) is 4.01. The van der Waals surface area contributed by atoms with Crippen LogP contribution in [-0.2, 0) is 22.5 Å². The van der Waals surface area contributed by atoms with Crippen molar-refractivity contribution in [2.45, 2.75) is 38.8 Å². The summed E-state index contributed by atoms with van der Waals surface area (Å²) in [6.07, 6.45) is 4.25. The number of hydrogen-bond donors (Lipinski definition) is 1. The number of fused-ring (bicyclic) bond motifs is 1. The van der Waals surface area contributed by atoms with Crippen LogP contribution in [0.2, 0.25) is 0 Å². The summed E-state index contributed by atoms with van der Waals surface area (Å²) in [6, 6.07) is 10.3. The Bertz CT molecular complexity index is 652. The zero-order chi connectivity index (χ0) is 16.1. The maximum atomic E-state index is 11.7. The molecule has 1 aromatic carbocycles. The number of rotatable bonds is 6. The van der Waals surface area contributed by atoms with E-state index in [-0.39, 0.29) is 12.0 Å². The van der Waals surface area contributed by atoms with Crippen molar-refractivity contribution in [3.8, 4) is 0 Å². The first-order valence-corrected chi connectivity index (χ1v) is 8.24. The summed E-state index contributed by atoms with van der Waals surface area (Å²) in [4.78, 5) is 11.7. The molecule has 0 aliphatic carbocycles. The first-order chi connectivity index (χ1) is 11.3. The molecule has 0 radical (unpaired) electrons. The molecule has 5 nitrogen and oxygen atoms in total. The van der Waals surface area contributed by atoms with Crippen LogP contribution in [0.1, 0.15) is 42.7 Å². The number of ether oxygens (including phenoxy) is 1. The molecule has 1 aliphatic rings. The molecule has 23 heavy (non-hydrogen) atoms. The van der Waals surface area contributed by atoms with E-state index in [9.17, 15) is 4.79 Å². The lowest BCUT2D eigenvalue weighted by Gasteiger charge is -2.22. The van der Waals surface area contributed by atoms with E-state index in [4.69, 9.17) is 9.84 Å². The minimum atomic E-state index is -0.142. The lowest BCUT2D eigenvalue weighted by Crippen LogP contribution is -2.31. The molecular formula is C18H23N3O2. The Balaban J connectivity index is 1.68. The molecule has 1 amide bonds. The predicted molar refractivity (Wildman–Crippen MR) is 88.1 cm³/mol. The number of carbonyl (C=O) groups excluding carboxylic acids is 1. The lowest BCUT2D eigenvalue weighted by molar-refractivity contribution is -0.121. The van der Waals surface area contributed by atoms with Gasteiger partial charge >= 0.3 is 0 Å². The second kappa shape index (κ2) is 7.42. The maximum absolute atomic E-state index is 11.7. The van der Waals surface area contributed by atoms with E-state index in [0.29, 0.717) is 19.6 Å². The highest BCUT2D eigenvalue weighted by Gasteiger charge is 2.25. The second-order valence-electron chi connectivity index (χ2n) is 5.89. The fourth-order valence-electron chi connectivity index (χ4n) is 2.86. The van der Waals surface area contributed by atoms with Gasteiger partial charge in [0.2, 0.25) is 5.91 Å². The van der Waals surface area contributed by atoms with Crippen LogP contribution in [-0.4, -0.2) is 28.8 Å². The van der Waals surface area contributed by atoms with Gasteiger partial charge in [0.25, 0.3) is 0 Å². The number of nitrogens with one attached hydrogen (secondary N) is 1. The van der Waals surface area contributed by atoms with E-state index in [0.717, 1.165) is 25.1 Å². The van der Waals surface area contributed by atoms with Crippen molar-refractivity contribution in [3.05, 3.63) is 53.3 Å². The van der Waals surface area contributed by atoms with Gasteiger partial charge in [-0.15, -0.1) is 0 Å². The summed E-state index contributed by atoms with van der Waals surface area (Å²) in [7, 11) is 0. The van der Waals surface area contributed by atoms with Crippen LogP contribution in [0.3, 0.4) is 0 Å². The van der Waals surface area contributed by atoms with Crippen LogP contribution >= 0.6 is 0 Å². The van der Waals surface area contributed by atoms with Gasteiger partial charge in [-0.2, -0.15) is 5.10 Å². The molecule has 0 unspecified atom stereocenters. The highest BCUT2D eigenvalue weighted by molar-refractivity contribution is 5.75. The molecule has 122 valence electrons. The first kappa shape index (κ1) is 15.7. The Morgan fingerprint density at radius 3 is 3.00 bits per heavy atom. The zero-order valence-corrected chi connectivity index (χ0v) is 13.5. The molecule has 2 aromatic rings. The topological polar surface area (TPSA) is 56.1 Å². The molecule has 1 aliphatic heterocycles. The van der Waals surface area contributed by atoms with Gasteiger partial charge in [-0.25, -0.2) is 0 Å². The Morgan fingerprint density at radius 2 is 2.22 bits per heavy atom. The standard InChI is InChI=1S/C18H23N3O2/c1-2-6-17(22)19-11-16-18-15(9-10-23-16)13-21(20-18)12-14-7-4-3-5-8-14/h3-5,7-8,13,16H,2,6,9-12H2,1H3,(H,19,22)/t16-/m0/s1. The monoisotopic (exact) mass is 313 g/mol. The first-order valence-electron chi connectivity index (χ1n) is 8.24. The number of benzene rings is 1. The predicted octanol–water partition coefficient (Wildman–Crippen LogP) is 2.46. The van der Waals surface area contributed by atoms with Crippen LogP contribution in [0, 0.1) is 0 Å². The molecule has 0 bridgehead atoms. The minimum Gasteiger partial charge on any atom is -0.370 e. The quantitative estimate of drug-likeness (QED) is 0.891. The molecule has 1 aromatic heterocycles. The van der Waals surface area contributed by atoms with Crippen LogP contribution in [0.15, 0.2) is 36.5 Å². The molecule has 2 heterocycles. The summed E-state index contributed by atoms with van der Waals surface area (Å²) in [5.41, 5.74) is 3.41. The molecule has 1 N–H and O–H groups in total. The lowest BCUT2D eigenvalue weighted by atomic mass is 10.1. The fraction of sp³-hybridized carbons (Fsp3) is 0.444. The van der Waals surface area contributed by atoms with Crippen molar-refractivity contribution in [2.24, 2.45) is 0 Å². The van der Waals surface area contributed by atoms with Crippen molar-refractivity contribution in [1.82, 2.24) is 15.1 Å². The van der Waals surface area contributed by atoms with Crippen molar-refractivity contribution in [2.75, 3.05) is 13.2 Å². The van der Waals surface area contributed by atoms with E-state index in [1.165, 1.54) is 11.1 Å². The van der Waals surface area contributed by atoms with E-state index in [1.807, 2.05) is 29.8 Å². The van der Waals surface area contributed by atoms with Crippen molar-refractivity contribution < 1.29 is 9.53 Å². The fourth-order valence-corrected chi connectivity index (χ4v) is 2.86. The minimum absolute atomic E-state index is 0.0759. The summed E-state index contributed by atoms with van der Waals surface area (Å²) in [5, 5.41) is 7.63. The Labute approximate surface area is 136 Å². The van der Waals surface area contributed by atoms with E-state index >= 15 is 0 Å². The van der Waals surface area contributed by atoms with Crippen LogP contribution in [0.25, 0.3) is 0 Å².